The smallest absolute Gasteiger partial charge is 0.187 e. The number of hydrogen-bond acceptors (Lipinski definition) is 3. The van der Waals surface area contributed by atoms with Gasteiger partial charge in [-0.05, 0) is 32.4 Å². The van der Waals surface area contributed by atoms with Crippen molar-refractivity contribution >= 4 is 5.78 Å². The molecule has 0 amide bonds. The number of carbonyl (C=O) groups is 1. The van der Waals surface area contributed by atoms with Gasteiger partial charge in [-0.3, -0.25) is 4.79 Å². The fourth-order valence-electron chi connectivity index (χ4n) is 1.69. The monoisotopic (exact) mass is 168 g/mol. The molecule has 2 atom stereocenters. The summed E-state index contributed by atoms with van der Waals surface area (Å²) in [5.41, 5.74) is 0.968. The third kappa shape index (κ3) is 1.01. The average molecular weight is 168 g/mol. The number of hydrogen-bond donors (Lipinski definition) is 0. The highest BCUT2D eigenvalue weighted by Crippen LogP contribution is 2.35. The molecule has 1 aliphatic heterocycles. The molecule has 0 saturated carbocycles. The Morgan fingerprint density at radius 1 is 1.33 bits per heavy atom. The van der Waals surface area contributed by atoms with Gasteiger partial charge in [0.2, 0.25) is 0 Å². The molecule has 0 aromatic carbocycles. The predicted octanol–water partition coefficient (Wildman–Crippen LogP) is 1.04. The first-order valence-electron chi connectivity index (χ1n) is 4.07. The SMILES string of the molecule is CC1=CC(=O)C2OC(C)(C)OC12. The summed E-state index contributed by atoms with van der Waals surface area (Å²) in [6.07, 6.45) is 1.07. The van der Waals surface area contributed by atoms with Gasteiger partial charge >= 0.3 is 0 Å². The van der Waals surface area contributed by atoms with E-state index < -0.39 is 5.79 Å². The van der Waals surface area contributed by atoms with E-state index in [-0.39, 0.29) is 18.0 Å². The molecule has 1 fully saturated rings. The van der Waals surface area contributed by atoms with E-state index in [0.29, 0.717) is 0 Å². The minimum absolute atomic E-state index is 0.0306. The molecule has 0 bridgehead atoms. The van der Waals surface area contributed by atoms with Gasteiger partial charge in [0.15, 0.2) is 17.7 Å². The summed E-state index contributed by atoms with van der Waals surface area (Å²) in [5.74, 6) is -0.580. The van der Waals surface area contributed by atoms with E-state index in [4.69, 9.17) is 9.47 Å². The van der Waals surface area contributed by atoms with Crippen LogP contribution in [0.3, 0.4) is 0 Å². The zero-order valence-corrected chi connectivity index (χ0v) is 7.46. The second kappa shape index (κ2) is 2.18. The lowest BCUT2D eigenvalue weighted by molar-refractivity contribution is -0.152. The van der Waals surface area contributed by atoms with Crippen molar-refractivity contribution in [1.82, 2.24) is 0 Å². The Balaban J connectivity index is 2.27. The van der Waals surface area contributed by atoms with Crippen LogP contribution in [-0.4, -0.2) is 23.8 Å². The molecule has 2 unspecified atom stereocenters. The Bertz CT molecular complexity index is 265. The van der Waals surface area contributed by atoms with Gasteiger partial charge in [0.25, 0.3) is 0 Å². The largest absolute Gasteiger partial charge is 0.340 e. The maximum absolute atomic E-state index is 11.3. The molecule has 1 heterocycles. The number of fused-ring (bicyclic) bond motifs is 1. The first-order chi connectivity index (χ1) is 5.49. The van der Waals surface area contributed by atoms with Crippen molar-refractivity contribution in [2.45, 2.75) is 38.8 Å². The Kier molecular flexibility index (Phi) is 1.44. The molecule has 2 aliphatic rings. The Morgan fingerprint density at radius 2 is 1.92 bits per heavy atom. The molecular weight excluding hydrogens is 156 g/mol. The minimum atomic E-state index is -0.611. The Labute approximate surface area is 71.3 Å². The average Bonchev–Trinajstić information content (AvgIpc) is 2.34. The fourth-order valence-corrected chi connectivity index (χ4v) is 1.69. The molecule has 66 valence electrons. The summed E-state index contributed by atoms with van der Waals surface area (Å²) in [6.45, 7) is 5.55. The summed E-state index contributed by atoms with van der Waals surface area (Å²) in [4.78, 5) is 11.3. The zero-order chi connectivity index (χ0) is 8.93. The predicted molar refractivity (Wildman–Crippen MR) is 42.6 cm³/mol. The molecular formula is C9H12O3. The van der Waals surface area contributed by atoms with Gasteiger partial charge in [-0.1, -0.05) is 0 Å². The van der Waals surface area contributed by atoms with Crippen LogP contribution in [0.15, 0.2) is 11.6 Å². The van der Waals surface area contributed by atoms with Crippen molar-refractivity contribution in [2.75, 3.05) is 0 Å². The van der Waals surface area contributed by atoms with E-state index in [2.05, 4.69) is 0 Å². The van der Waals surface area contributed by atoms with Crippen LogP contribution in [0.4, 0.5) is 0 Å². The third-order valence-electron chi connectivity index (χ3n) is 2.20. The Hall–Kier alpha value is -0.670. The maximum atomic E-state index is 11.3. The maximum Gasteiger partial charge on any atom is 0.187 e. The highest BCUT2D eigenvalue weighted by molar-refractivity contribution is 5.98. The molecule has 1 aliphatic carbocycles. The number of ether oxygens (including phenoxy) is 2. The van der Waals surface area contributed by atoms with Gasteiger partial charge in [-0.15, -0.1) is 0 Å². The van der Waals surface area contributed by atoms with E-state index in [0.717, 1.165) is 5.57 Å². The molecule has 1 saturated heterocycles. The van der Waals surface area contributed by atoms with Crippen LogP contribution in [0, 0.1) is 0 Å². The van der Waals surface area contributed by atoms with Crippen molar-refractivity contribution in [3.05, 3.63) is 11.6 Å². The van der Waals surface area contributed by atoms with Crippen LogP contribution < -0.4 is 0 Å². The lowest BCUT2D eigenvalue weighted by Gasteiger charge is -2.17. The summed E-state index contributed by atoms with van der Waals surface area (Å²) in [6, 6.07) is 0. The van der Waals surface area contributed by atoms with E-state index in [1.807, 2.05) is 20.8 Å². The fraction of sp³-hybridized carbons (Fsp3) is 0.667. The van der Waals surface area contributed by atoms with Crippen LogP contribution in [0.25, 0.3) is 0 Å². The Morgan fingerprint density at radius 3 is 2.50 bits per heavy atom. The second-order valence-electron chi connectivity index (χ2n) is 3.77. The van der Waals surface area contributed by atoms with Gasteiger partial charge in [0, 0.05) is 0 Å². The highest BCUT2D eigenvalue weighted by Gasteiger charge is 2.48. The molecule has 0 aromatic rings. The van der Waals surface area contributed by atoms with E-state index in [9.17, 15) is 4.79 Å². The zero-order valence-electron chi connectivity index (χ0n) is 7.46. The molecule has 0 spiro atoms. The quantitative estimate of drug-likeness (QED) is 0.542. The first kappa shape index (κ1) is 7.95. The standard InChI is InChI=1S/C9H12O3/c1-5-4-6(10)8-7(5)11-9(2,3)12-8/h4,7-8H,1-3H3. The lowest BCUT2D eigenvalue weighted by Crippen LogP contribution is -2.25. The van der Waals surface area contributed by atoms with Crippen molar-refractivity contribution < 1.29 is 14.3 Å². The molecule has 12 heavy (non-hydrogen) atoms. The molecule has 3 heteroatoms. The van der Waals surface area contributed by atoms with Gasteiger partial charge in [-0.25, -0.2) is 0 Å². The molecule has 3 nitrogen and oxygen atoms in total. The molecule has 2 rings (SSSR count). The molecule has 0 N–H and O–H groups in total. The lowest BCUT2D eigenvalue weighted by atomic mass is 10.2. The van der Waals surface area contributed by atoms with Crippen LogP contribution >= 0.6 is 0 Å². The molecule has 0 aromatic heterocycles. The van der Waals surface area contributed by atoms with E-state index in [1.54, 1.807) is 6.08 Å². The van der Waals surface area contributed by atoms with Crippen molar-refractivity contribution in [2.24, 2.45) is 0 Å². The summed E-state index contributed by atoms with van der Waals surface area (Å²) >= 11 is 0. The van der Waals surface area contributed by atoms with Gasteiger partial charge in [0.05, 0.1) is 0 Å². The topological polar surface area (TPSA) is 35.5 Å². The highest BCUT2D eigenvalue weighted by atomic mass is 16.8. The first-order valence-corrected chi connectivity index (χ1v) is 4.07. The van der Waals surface area contributed by atoms with Crippen LogP contribution in [0.5, 0.6) is 0 Å². The van der Waals surface area contributed by atoms with Crippen LogP contribution in [0.1, 0.15) is 20.8 Å². The van der Waals surface area contributed by atoms with Crippen molar-refractivity contribution in [3.8, 4) is 0 Å². The van der Waals surface area contributed by atoms with Crippen molar-refractivity contribution in [3.63, 3.8) is 0 Å². The van der Waals surface area contributed by atoms with Crippen LogP contribution in [0.2, 0.25) is 0 Å². The van der Waals surface area contributed by atoms with Crippen molar-refractivity contribution in [1.29, 1.82) is 0 Å². The normalized spacial score (nSPS) is 38.2. The van der Waals surface area contributed by atoms with Gasteiger partial charge in [-0.2, -0.15) is 0 Å². The van der Waals surface area contributed by atoms with Gasteiger partial charge in [0.1, 0.15) is 6.10 Å². The summed E-state index contributed by atoms with van der Waals surface area (Å²) in [7, 11) is 0. The van der Waals surface area contributed by atoms with Crippen LogP contribution in [-0.2, 0) is 14.3 Å². The second-order valence-corrected chi connectivity index (χ2v) is 3.77. The van der Waals surface area contributed by atoms with E-state index in [1.165, 1.54) is 0 Å². The minimum Gasteiger partial charge on any atom is -0.340 e. The third-order valence-corrected chi connectivity index (χ3v) is 2.20. The number of carbonyl (C=O) groups excluding carboxylic acids is 1. The number of ketones is 1. The van der Waals surface area contributed by atoms with Gasteiger partial charge < -0.3 is 9.47 Å². The van der Waals surface area contributed by atoms with E-state index >= 15 is 0 Å². The number of rotatable bonds is 0. The molecule has 0 radical (unpaired) electrons. The summed E-state index contributed by atoms with van der Waals surface area (Å²) < 4.78 is 11.0. The summed E-state index contributed by atoms with van der Waals surface area (Å²) in [5, 5.41) is 0.